The molecule has 2 aromatic rings. The number of aryl methyl sites for hydroxylation is 1. The third-order valence-electron chi connectivity index (χ3n) is 5.68. The Morgan fingerprint density at radius 1 is 0.871 bits per heavy atom. The number of rotatable bonds is 5. The fourth-order valence-electron chi connectivity index (χ4n) is 3.84. The molecule has 9 heteroatoms. The lowest BCUT2D eigenvalue weighted by Gasteiger charge is -2.34. The van der Waals surface area contributed by atoms with Gasteiger partial charge in [0.05, 0.1) is 16.0 Å². The van der Waals surface area contributed by atoms with Gasteiger partial charge in [-0.05, 0) is 31.2 Å². The Bertz CT molecular complexity index is 1100. The van der Waals surface area contributed by atoms with Gasteiger partial charge in [-0.1, -0.05) is 29.8 Å². The maximum Gasteiger partial charge on any atom is 0.261 e. The molecule has 0 unspecified atom stereocenters. The van der Waals surface area contributed by atoms with Crippen molar-refractivity contribution in [2.45, 2.75) is 18.2 Å². The number of imide groups is 1. The van der Waals surface area contributed by atoms with Crippen molar-refractivity contribution in [1.29, 1.82) is 0 Å². The summed E-state index contributed by atoms with van der Waals surface area (Å²) in [5, 5.41) is 0. The molecule has 0 atom stereocenters. The Morgan fingerprint density at radius 2 is 1.42 bits per heavy atom. The Balaban J connectivity index is 1.32. The molecule has 0 aliphatic carbocycles. The first-order valence-electron chi connectivity index (χ1n) is 10.1. The minimum atomic E-state index is -3.60. The molecule has 0 aromatic heterocycles. The summed E-state index contributed by atoms with van der Waals surface area (Å²) in [6.07, 6.45) is 0.0101. The Hall–Kier alpha value is -3.04. The highest BCUT2D eigenvalue weighted by Gasteiger charge is 2.36. The van der Waals surface area contributed by atoms with Crippen LogP contribution in [0.3, 0.4) is 0 Å². The highest BCUT2D eigenvalue weighted by molar-refractivity contribution is 7.89. The van der Waals surface area contributed by atoms with Gasteiger partial charge in [0.15, 0.2) is 0 Å². The van der Waals surface area contributed by atoms with Crippen molar-refractivity contribution in [1.82, 2.24) is 14.1 Å². The molecular formula is C22H23N3O5S. The zero-order valence-electron chi connectivity index (χ0n) is 17.2. The van der Waals surface area contributed by atoms with Gasteiger partial charge in [0.1, 0.15) is 0 Å². The van der Waals surface area contributed by atoms with Gasteiger partial charge in [-0.15, -0.1) is 0 Å². The molecule has 8 nitrogen and oxygen atoms in total. The van der Waals surface area contributed by atoms with E-state index >= 15 is 0 Å². The molecule has 0 radical (unpaired) electrons. The van der Waals surface area contributed by atoms with Crippen LogP contribution in [0.4, 0.5) is 0 Å². The summed E-state index contributed by atoms with van der Waals surface area (Å²) >= 11 is 0. The number of sulfonamides is 1. The van der Waals surface area contributed by atoms with E-state index in [0.717, 1.165) is 10.5 Å². The summed E-state index contributed by atoms with van der Waals surface area (Å²) in [6.45, 7) is 2.85. The lowest BCUT2D eigenvalue weighted by atomic mass is 10.1. The summed E-state index contributed by atoms with van der Waals surface area (Å²) in [4.78, 5) is 40.4. The van der Waals surface area contributed by atoms with Gasteiger partial charge in [-0.2, -0.15) is 4.31 Å². The van der Waals surface area contributed by atoms with Gasteiger partial charge in [-0.25, -0.2) is 8.42 Å². The highest BCUT2D eigenvalue weighted by Crippen LogP contribution is 2.23. The largest absolute Gasteiger partial charge is 0.340 e. The third kappa shape index (κ3) is 3.98. The van der Waals surface area contributed by atoms with Crippen LogP contribution in [0.2, 0.25) is 0 Å². The fourth-order valence-corrected chi connectivity index (χ4v) is 5.27. The molecule has 2 aliphatic heterocycles. The molecule has 0 N–H and O–H groups in total. The summed E-state index contributed by atoms with van der Waals surface area (Å²) in [5.41, 5.74) is 1.69. The topological polar surface area (TPSA) is 95.1 Å². The minimum absolute atomic E-state index is 0.00700. The zero-order valence-corrected chi connectivity index (χ0v) is 18.0. The molecular weight excluding hydrogens is 418 g/mol. The average molecular weight is 442 g/mol. The molecule has 4 rings (SSSR count). The summed E-state index contributed by atoms with van der Waals surface area (Å²) in [6, 6.07) is 13.3. The second-order valence-electron chi connectivity index (χ2n) is 7.66. The van der Waals surface area contributed by atoms with E-state index in [1.165, 1.54) is 4.31 Å². The van der Waals surface area contributed by atoms with Gasteiger partial charge in [0, 0.05) is 39.1 Å². The normalized spacial score (nSPS) is 17.2. The van der Waals surface area contributed by atoms with Crippen LogP contribution in [0.25, 0.3) is 0 Å². The smallest absolute Gasteiger partial charge is 0.261 e. The van der Waals surface area contributed by atoms with Crippen LogP contribution in [0, 0.1) is 6.92 Å². The average Bonchev–Trinajstić information content (AvgIpc) is 3.02. The molecule has 1 fully saturated rings. The molecule has 2 aromatic carbocycles. The Kier molecular flexibility index (Phi) is 5.63. The monoisotopic (exact) mass is 441 g/mol. The molecule has 0 spiro atoms. The van der Waals surface area contributed by atoms with E-state index in [2.05, 4.69) is 0 Å². The van der Waals surface area contributed by atoms with Gasteiger partial charge >= 0.3 is 0 Å². The van der Waals surface area contributed by atoms with Gasteiger partial charge in [0.2, 0.25) is 15.9 Å². The van der Waals surface area contributed by atoms with Crippen LogP contribution in [0.15, 0.2) is 53.4 Å². The number of fused-ring (bicyclic) bond motifs is 1. The first kappa shape index (κ1) is 21.2. The molecule has 2 aliphatic rings. The fraction of sp³-hybridized carbons (Fsp3) is 0.318. The predicted molar refractivity (Wildman–Crippen MR) is 113 cm³/mol. The van der Waals surface area contributed by atoms with E-state index in [9.17, 15) is 22.8 Å². The molecule has 2 heterocycles. The first-order valence-corrected chi connectivity index (χ1v) is 11.5. The quantitative estimate of drug-likeness (QED) is 0.656. The first-order chi connectivity index (χ1) is 14.8. The summed E-state index contributed by atoms with van der Waals surface area (Å²) in [5.74, 6) is -0.978. The van der Waals surface area contributed by atoms with Crippen molar-refractivity contribution in [3.05, 3.63) is 65.2 Å². The SMILES string of the molecule is Cc1ccc(S(=O)(=O)N2CCN(C(=O)CCN3C(=O)c4ccccc4C3=O)CC2)cc1. The predicted octanol–water partition coefficient (Wildman–Crippen LogP) is 1.51. The van der Waals surface area contributed by atoms with Gasteiger partial charge < -0.3 is 4.90 Å². The molecule has 3 amide bonds. The van der Waals surface area contributed by atoms with E-state index < -0.39 is 10.0 Å². The van der Waals surface area contributed by atoms with Crippen molar-refractivity contribution >= 4 is 27.7 Å². The number of nitrogens with zero attached hydrogens (tertiary/aromatic N) is 3. The van der Waals surface area contributed by atoms with E-state index in [1.807, 2.05) is 6.92 Å². The van der Waals surface area contributed by atoms with Crippen LogP contribution in [-0.2, 0) is 14.8 Å². The standard InChI is InChI=1S/C22H23N3O5S/c1-16-6-8-17(9-7-16)31(29,30)24-14-12-23(13-15-24)20(26)10-11-25-21(27)18-4-2-3-5-19(18)22(25)28/h2-9H,10-15H2,1H3. The maximum absolute atomic E-state index is 12.8. The van der Waals surface area contributed by atoms with E-state index in [4.69, 9.17) is 0 Å². The van der Waals surface area contributed by atoms with Crippen molar-refractivity contribution < 1.29 is 22.8 Å². The van der Waals surface area contributed by atoms with Crippen molar-refractivity contribution in [2.24, 2.45) is 0 Å². The van der Waals surface area contributed by atoms with E-state index in [-0.39, 0.29) is 61.8 Å². The number of piperazine rings is 1. The van der Waals surface area contributed by atoms with Crippen LogP contribution >= 0.6 is 0 Å². The third-order valence-corrected chi connectivity index (χ3v) is 7.59. The summed E-state index contributed by atoms with van der Waals surface area (Å²) < 4.78 is 27.0. The lowest BCUT2D eigenvalue weighted by molar-refractivity contribution is -0.132. The van der Waals surface area contributed by atoms with Crippen LogP contribution in [0.1, 0.15) is 32.7 Å². The van der Waals surface area contributed by atoms with Crippen molar-refractivity contribution in [3.63, 3.8) is 0 Å². The molecule has 1 saturated heterocycles. The van der Waals surface area contributed by atoms with Gasteiger partial charge in [0.25, 0.3) is 11.8 Å². The van der Waals surface area contributed by atoms with Crippen molar-refractivity contribution in [3.8, 4) is 0 Å². The van der Waals surface area contributed by atoms with Crippen LogP contribution in [-0.4, -0.2) is 73.0 Å². The lowest BCUT2D eigenvalue weighted by Crippen LogP contribution is -2.51. The highest BCUT2D eigenvalue weighted by atomic mass is 32.2. The number of benzene rings is 2. The second kappa shape index (κ2) is 8.24. The summed E-state index contributed by atoms with van der Waals surface area (Å²) in [7, 11) is -3.60. The number of hydrogen-bond donors (Lipinski definition) is 0. The molecule has 31 heavy (non-hydrogen) atoms. The number of carbonyl (C=O) groups excluding carboxylic acids is 3. The minimum Gasteiger partial charge on any atom is -0.340 e. The number of amides is 3. The maximum atomic E-state index is 12.8. The Labute approximate surface area is 181 Å². The number of hydrogen-bond acceptors (Lipinski definition) is 5. The Morgan fingerprint density at radius 3 is 1.97 bits per heavy atom. The molecule has 0 bridgehead atoms. The van der Waals surface area contributed by atoms with Gasteiger partial charge in [-0.3, -0.25) is 19.3 Å². The van der Waals surface area contributed by atoms with E-state index in [0.29, 0.717) is 11.1 Å². The molecule has 162 valence electrons. The van der Waals surface area contributed by atoms with E-state index in [1.54, 1.807) is 53.4 Å². The van der Waals surface area contributed by atoms with Crippen molar-refractivity contribution in [2.75, 3.05) is 32.7 Å². The number of carbonyl (C=O) groups is 3. The second-order valence-corrected chi connectivity index (χ2v) is 9.59. The van der Waals surface area contributed by atoms with Crippen LogP contribution in [0.5, 0.6) is 0 Å². The zero-order chi connectivity index (χ0) is 22.2. The molecule has 0 saturated carbocycles. The van der Waals surface area contributed by atoms with Crippen LogP contribution < -0.4 is 0 Å².